The molecule has 0 spiro atoms. The number of para-hydroxylation sites is 1. The van der Waals surface area contributed by atoms with Gasteiger partial charge in [0.2, 0.25) is 0 Å². The van der Waals surface area contributed by atoms with E-state index in [4.69, 9.17) is 5.11 Å². The van der Waals surface area contributed by atoms with Crippen molar-refractivity contribution in [1.29, 1.82) is 0 Å². The van der Waals surface area contributed by atoms with Gasteiger partial charge < -0.3 is 10.0 Å². The number of fused-ring (bicyclic) bond motifs is 1. The zero-order valence-electron chi connectivity index (χ0n) is 10.8. The summed E-state index contributed by atoms with van der Waals surface area (Å²) in [6, 6.07) is 6.45. The van der Waals surface area contributed by atoms with Crippen molar-refractivity contribution in [1.82, 2.24) is 4.98 Å². The molecule has 7 heteroatoms. The van der Waals surface area contributed by atoms with E-state index in [2.05, 4.69) is 4.98 Å². The van der Waals surface area contributed by atoms with Crippen LogP contribution in [0, 0.1) is 10.1 Å². The van der Waals surface area contributed by atoms with Gasteiger partial charge in [0, 0.05) is 36.9 Å². The fourth-order valence-electron chi connectivity index (χ4n) is 2.01. The Labute approximate surface area is 114 Å². The predicted octanol–water partition coefficient (Wildman–Crippen LogP) is 2.05. The molecule has 0 aliphatic heterocycles. The number of rotatable bonds is 5. The van der Waals surface area contributed by atoms with Gasteiger partial charge in [0.25, 0.3) is 5.69 Å². The van der Waals surface area contributed by atoms with Crippen LogP contribution in [0.2, 0.25) is 0 Å². The maximum atomic E-state index is 11.0. The first kappa shape index (κ1) is 13.7. The SMILES string of the molecule is CN(CCC(=O)O)c1ccnc2c([N+](=O)[O-])cccc12. The number of nitro groups is 1. The summed E-state index contributed by atoms with van der Waals surface area (Å²) >= 11 is 0. The number of hydrogen-bond acceptors (Lipinski definition) is 5. The van der Waals surface area contributed by atoms with E-state index in [-0.39, 0.29) is 12.1 Å². The molecule has 0 saturated heterocycles. The van der Waals surface area contributed by atoms with Gasteiger partial charge in [-0.1, -0.05) is 12.1 Å². The number of non-ortho nitro benzene ring substituents is 1. The Morgan fingerprint density at radius 2 is 2.20 bits per heavy atom. The number of pyridine rings is 1. The number of nitrogens with zero attached hydrogens (tertiary/aromatic N) is 3. The Bertz CT molecular complexity index is 672. The number of carbonyl (C=O) groups is 1. The smallest absolute Gasteiger partial charge is 0.305 e. The number of anilines is 1. The zero-order chi connectivity index (χ0) is 14.7. The lowest BCUT2D eigenvalue weighted by atomic mass is 10.1. The van der Waals surface area contributed by atoms with E-state index in [1.165, 1.54) is 12.3 Å². The average Bonchev–Trinajstić information content (AvgIpc) is 2.43. The highest BCUT2D eigenvalue weighted by Gasteiger charge is 2.16. The Balaban J connectivity index is 2.47. The van der Waals surface area contributed by atoms with E-state index >= 15 is 0 Å². The molecule has 1 aromatic heterocycles. The number of carboxylic acids is 1. The molecule has 1 aromatic carbocycles. The van der Waals surface area contributed by atoms with Crippen LogP contribution in [-0.2, 0) is 4.79 Å². The highest BCUT2D eigenvalue weighted by Crippen LogP contribution is 2.30. The highest BCUT2D eigenvalue weighted by atomic mass is 16.6. The summed E-state index contributed by atoms with van der Waals surface area (Å²) in [6.45, 7) is 0.317. The van der Waals surface area contributed by atoms with Crippen molar-refractivity contribution in [2.24, 2.45) is 0 Å². The molecular formula is C13H13N3O4. The average molecular weight is 275 g/mol. The number of carboxylic acid groups (broad SMARTS) is 1. The van der Waals surface area contributed by atoms with Gasteiger partial charge in [0.15, 0.2) is 0 Å². The molecule has 104 valence electrons. The third-order valence-electron chi connectivity index (χ3n) is 3.00. The minimum absolute atomic E-state index is 0.00472. The van der Waals surface area contributed by atoms with Crippen LogP contribution in [0.1, 0.15) is 6.42 Å². The predicted molar refractivity (Wildman–Crippen MR) is 73.9 cm³/mol. The van der Waals surface area contributed by atoms with Crippen molar-refractivity contribution in [3.05, 3.63) is 40.6 Å². The van der Waals surface area contributed by atoms with Crippen LogP contribution in [0.5, 0.6) is 0 Å². The molecule has 7 nitrogen and oxygen atoms in total. The van der Waals surface area contributed by atoms with E-state index in [1.807, 2.05) is 0 Å². The van der Waals surface area contributed by atoms with Gasteiger partial charge in [-0.25, -0.2) is 4.98 Å². The Hall–Kier alpha value is -2.70. The first-order valence-corrected chi connectivity index (χ1v) is 5.95. The first-order chi connectivity index (χ1) is 9.50. The topological polar surface area (TPSA) is 96.6 Å². The minimum Gasteiger partial charge on any atom is -0.481 e. The maximum absolute atomic E-state index is 11.0. The van der Waals surface area contributed by atoms with Crippen molar-refractivity contribution in [2.45, 2.75) is 6.42 Å². The van der Waals surface area contributed by atoms with Crippen LogP contribution in [0.3, 0.4) is 0 Å². The number of aliphatic carboxylic acids is 1. The molecule has 0 fully saturated rings. The molecule has 0 radical (unpaired) electrons. The summed E-state index contributed by atoms with van der Waals surface area (Å²) in [5, 5.41) is 20.3. The Kier molecular flexibility index (Phi) is 3.79. The number of hydrogen-bond donors (Lipinski definition) is 1. The van der Waals surface area contributed by atoms with Crippen molar-refractivity contribution < 1.29 is 14.8 Å². The number of aromatic nitrogens is 1. The van der Waals surface area contributed by atoms with E-state index in [9.17, 15) is 14.9 Å². The number of benzene rings is 1. The third kappa shape index (κ3) is 2.66. The highest BCUT2D eigenvalue weighted by molar-refractivity contribution is 5.96. The van der Waals surface area contributed by atoms with E-state index in [1.54, 1.807) is 30.1 Å². The molecule has 0 atom stereocenters. The van der Waals surface area contributed by atoms with Crippen LogP contribution in [-0.4, -0.2) is 34.6 Å². The number of nitro benzene ring substituents is 1. The maximum Gasteiger partial charge on any atom is 0.305 e. The molecule has 2 rings (SSSR count). The molecule has 0 aliphatic rings. The van der Waals surface area contributed by atoms with Crippen LogP contribution < -0.4 is 4.90 Å². The minimum atomic E-state index is -0.888. The van der Waals surface area contributed by atoms with Gasteiger partial charge in [-0.3, -0.25) is 14.9 Å². The lowest BCUT2D eigenvalue weighted by Gasteiger charge is -2.19. The Morgan fingerprint density at radius 1 is 1.45 bits per heavy atom. The molecule has 0 aliphatic carbocycles. The summed E-state index contributed by atoms with van der Waals surface area (Å²) in [7, 11) is 1.75. The van der Waals surface area contributed by atoms with Gasteiger partial charge in [0.1, 0.15) is 5.52 Å². The van der Waals surface area contributed by atoms with Crippen molar-refractivity contribution in [3.63, 3.8) is 0 Å². The van der Waals surface area contributed by atoms with Gasteiger partial charge >= 0.3 is 5.97 Å². The first-order valence-electron chi connectivity index (χ1n) is 5.95. The van der Waals surface area contributed by atoms with Crippen LogP contribution in [0.15, 0.2) is 30.5 Å². The van der Waals surface area contributed by atoms with Gasteiger partial charge in [0.05, 0.1) is 11.3 Å². The van der Waals surface area contributed by atoms with Crippen molar-refractivity contribution in [2.75, 3.05) is 18.5 Å². The second-order valence-electron chi connectivity index (χ2n) is 4.33. The summed E-state index contributed by atoms with van der Waals surface area (Å²) < 4.78 is 0. The molecule has 0 bridgehead atoms. The molecule has 0 amide bonds. The van der Waals surface area contributed by atoms with E-state index < -0.39 is 10.9 Å². The van der Waals surface area contributed by atoms with E-state index in [0.717, 1.165) is 5.69 Å². The summed E-state index contributed by atoms with van der Waals surface area (Å²) in [5.41, 5.74) is 0.966. The molecule has 2 aromatic rings. The molecule has 20 heavy (non-hydrogen) atoms. The fraction of sp³-hybridized carbons (Fsp3) is 0.231. The fourth-order valence-corrected chi connectivity index (χ4v) is 2.01. The Morgan fingerprint density at radius 3 is 2.85 bits per heavy atom. The second-order valence-corrected chi connectivity index (χ2v) is 4.33. The molecule has 0 saturated carbocycles. The van der Waals surface area contributed by atoms with Gasteiger partial charge in [-0.05, 0) is 6.07 Å². The molecule has 1 N–H and O–H groups in total. The summed E-state index contributed by atoms with van der Waals surface area (Å²) in [5.74, 6) is -0.888. The third-order valence-corrected chi connectivity index (χ3v) is 3.00. The van der Waals surface area contributed by atoms with Gasteiger partial charge in [-0.2, -0.15) is 0 Å². The second kappa shape index (κ2) is 5.52. The zero-order valence-corrected chi connectivity index (χ0v) is 10.8. The van der Waals surface area contributed by atoms with Crippen LogP contribution >= 0.6 is 0 Å². The largest absolute Gasteiger partial charge is 0.481 e. The lowest BCUT2D eigenvalue weighted by molar-refractivity contribution is -0.383. The van der Waals surface area contributed by atoms with Crippen molar-refractivity contribution in [3.8, 4) is 0 Å². The molecular weight excluding hydrogens is 262 g/mol. The van der Waals surface area contributed by atoms with Crippen LogP contribution in [0.25, 0.3) is 10.9 Å². The molecule has 1 heterocycles. The quantitative estimate of drug-likeness (QED) is 0.662. The normalized spacial score (nSPS) is 10.4. The summed E-state index contributed by atoms with van der Waals surface area (Å²) in [6.07, 6.45) is 1.48. The standard InChI is InChI=1S/C13H13N3O4/c1-15(8-6-12(17)18)10-5-7-14-13-9(10)3-2-4-11(13)16(19)20/h2-5,7H,6,8H2,1H3,(H,17,18). The summed E-state index contributed by atoms with van der Waals surface area (Å²) in [4.78, 5) is 26.9. The van der Waals surface area contributed by atoms with Gasteiger partial charge in [-0.15, -0.1) is 0 Å². The van der Waals surface area contributed by atoms with Crippen molar-refractivity contribution >= 4 is 28.2 Å². The lowest BCUT2D eigenvalue weighted by Crippen LogP contribution is -2.21. The molecule has 0 unspecified atom stereocenters. The van der Waals surface area contributed by atoms with Crippen LogP contribution in [0.4, 0.5) is 11.4 Å². The van der Waals surface area contributed by atoms with E-state index in [0.29, 0.717) is 17.4 Å². The monoisotopic (exact) mass is 275 g/mol.